The Morgan fingerprint density at radius 1 is 1.12 bits per heavy atom. The molecular weight excluding hydrogens is 226 g/mol. The molecule has 0 bridgehead atoms. The second-order valence-electron chi connectivity index (χ2n) is 3.30. The van der Waals surface area contributed by atoms with Gasteiger partial charge in [0.1, 0.15) is 5.82 Å². The number of aromatic nitrogens is 1. The van der Waals surface area contributed by atoms with Gasteiger partial charge in [-0.05, 0) is 30.3 Å². The summed E-state index contributed by atoms with van der Waals surface area (Å²) in [5, 5.41) is 2.47. The SMILES string of the molecule is O=C(Nc1ccccn1)c1ccc(F)c(F)c1. The lowest BCUT2D eigenvalue weighted by atomic mass is 10.2. The zero-order chi connectivity index (χ0) is 12.3. The molecule has 17 heavy (non-hydrogen) atoms. The number of hydrogen-bond donors (Lipinski definition) is 1. The number of carbonyl (C=O) groups excluding carboxylic acids is 1. The maximum atomic E-state index is 12.9. The summed E-state index contributed by atoms with van der Waals surface area (Å²) < 4.78 is 25.6. The summed E-state index contributed by atoms with van der Waals surface area (Å²) in [6.07, 6.45) is 1.51. The van der Waals surface area contributed by atoms with Crippen molar-refractivity contribution in [2.24, 2.45) is 0 Å². The lowest BCUT2D eigenvalue weighted by Gasteiger charge is -2.04. The van der Waals surface area contributed by atoms with Crippen molar-refractivity contribution in [1.82, 2.24) is 4.98 Å². The van der Waals surface area contributed by atoms with Gasteiger partial charge in [0.2, 0.25) is 0 Å². The summed E-state index contributed by atoms with van der Waals surface area (Å²) in [5.74, 6) is -2.23. The van der Waals surface area contributed by atoms with Gasteiger partial charge in [-0.25, -0.2) is 13.8 Å². The number of anilines is 1. The highest BCUT2D eigenvalue weighted by atomic mass is 19.2. The van der Waals surface area contributed by atoms with Gasteiger partial charge in [0.25, 0.3) is 5.91 Å². The number of carbonyl (C=O) groups is 1. The molecule has 0 atom stereocenters. The molecule has 0 spiro atoms. The van der Waals surface area contributed by atoms with Crippen LogP contribution in [0.5, 0.6) is 0 Å². The van der Waals surface area contributed by atoms with Crippen LogP contribution in [-0.2, 0) is 0 Å². The first-order chi connectivity index (χ1) is 8.16. The minimum atomic E-state index is -1.06. The average Bonchev–Trinajstić information content (AvgIpc) is 2.34. The third-order valence-electron chi connectivity index (χ3n) is 2.09. The van der Waals surface area contributed by atoms with Gasteiger partial charge in [-0.1, -0.05) is 6.07 Å². The molecule has 2 rings (SSSR count). The molecule has 0 fully saturated rings. The number of nitrogens with zero attached hydrogens (tertiary/aromatic N) is 1. The summed E-state index contributed by atoms with van der Waals surface area (Å²) in [6, 6.07) is 7.95. The first-order valence-corrected chi connectivity index (χ1v) is 4.84. The number of halogens is 2. The molecule has 0 aliphatic heterocycles. The van der Waals surface area contributed by atoms with Crippen LogP contribution < -0.4 is 5.32 Å². The lowest BCUT2D eigenvalue weighted by molar-refractivity contribution is 0.102. The molecule has 1 heterocycles. The molecule has 0 saturated carbocycles. The van der Waals surface area contributed by atoms with Gasteiger partial charge in [0, 0.05) is 11.8 Å². The van der Waals surface area contributed by atoms with Gasteiger partial charge in [0.15, 0.2) is 11.6 Å². The second-order valence-corrected chi connectivity index (χ2v) is 3.30. The summed E-state index contributed by atoms with van der Waals surface area (Å²) in [6.45, 7) is 0. The molecule has 0 aliphatic carbocycles. The third-order valence-corrected chi connectivity index (χ3v) is 2.09. The van der Waals surface area contributed by atoms with Crippen LogP contribution in [0.1, 0.15) is 10.4 Å². The molecule has 5 heteroatoms. The molecule has 1 aromatic heterocycles. The Morgan fingerprint density at radius 3 is 2.59 bits per heavy atom. The lowest BCUT2D eigenvalue weighted by Crippen LogP contribution is -2.13. The van der Waals surface area contributed by atoms with E-state index in [1.54, 1.807) is 18.2 Å². The van der Waals surface area contributed by atoms with Crippen LogP contribution >= 0.6 is 0 Å². The van der Waals surface area contributed by atoms with Crippen LogP contribution in [0.25, 0.3) is 0 Å². The molecule has 0 unspecified atom stereocenters. The summed E-state index contributed by atoms with van der Waals surface area (Å²) in [4.78, 5) is 15.5. The van der Waals surface area contributed by atoms with Crippen molar-refractivity contribution in [1.29, 1.82) is 0 Å². The number of nitrogens with one attached hydrogen (secondary N) is 1. The van der Waals surface area contributed by atoms with Crippen molar-refractivity contribution >= 4 is 11.7 Å². The Labute approximate surface area is 96.1 Å². The van der Waals surface area contributed by atoms with E-state index in [-0.39, 0.29) is 5.56 Å². The van der Waals surface area contributed by atoms with E-state index < -0.39 is 17.5 Å². The Morgan fingerprint density at radius 2 is 1.94 bits per heavy atom. The molecule has 0 saturated heterocycles. The molecule has 0 aliphatic rings. The van der Waals surface area contributed by atoms with E-state index in [1.807, 2.05) is 0 Å². The third kappa shape index (κ3) is 2.63. The molecule has 2 aromatic rings. The Balaban J connectivity index is 2.18. The summed E-state index contributed by atoms with van der Waals surface area (Å²) >= 11 is 0. The van der Waals surface area contributed by atoms with E-state index in [1.165, 1.54) is 12.3 Å². The van der Waals surface area contributed by atoms with Gasteiger partial charge in [-0.3, -0.25) is 4.79 Å². The van der Waals surface area contributed by atoms with E-state index in [2.05, 4.69) is 10.3 Å². The Kier molecular flexibility index (Phi) is 3.09. The zero-order valence-corrected chi connectivity index (χ0v) is 8.65. The van der Waals surface area contributed by atoms with Crippen LogP contribution in [0.4, 0.5) is 14.6 Å². The standard InChI is InChI=1S/C12H8F2N2O/c13-9-5-4-8(7-10(9)14)12(17)16-11-3-1-2-6-15-11/h1-7H,(H,15,16,17). The number of hydrogen-bond acceptors (Lipinski definition) is 2. The van der Waals surface area contributed by atoms with Crippen LogP contribution in [0, 0.1) is 11.6 Å². The van der Waals surface area contributed by atoms with Crippen LogP contribution in [0.2, 0.25) is 0 Å². The van der Waals surface area contributed by atoms with Crippen LogP contribution in [0.3, 0.4) is 0 Å². The molecule has 1 amide bonds. The largest absolute Gasteiger partial charge is 0.307 e. The minimum Gasteiger partial charge on any atom is -0.307 e. The fourth-order valence-electron chi connectivity index (χ4n) is 1.26. The van der Waals surface area contributed by atoms with E-state index in [0.29, 0.717) is 5.82 Å². The highest BCUT2D eigenvalue weighted by molar-refractivity contribution is 6.03. The van der Waals surface area contributed by atoms with Crippen LogP contribution in [0.15, 0.2) is 42.6 Å². The zero-order valence-electron chi connectivity index (χ0n) is 8.65. The highest BCUT2D eigenvalue weighted by Crippen LogP contribution is 2.10. The topological polar surface area (TPSA) is 42.0 Å². The van der Waals surface area contributed by atoms with E-state index in [9.17, 15) is 13.6 Å². The molecule has 3 nitrogen and oxygen atoms in total. The predicted molar refractivity (Wildman–Crippen MR) is 58.5 cm³/mol. The quantitative estimate of drug-likeness (QED) is 0.867. The second kappa shape index (κ2) is 4.69. The maximum absolute atomic E-state index is 12.9. The monoisotopic (exact) mass is 234 g/mol. The smallest absolute Gasteiger partial charge is 0.256 e. The molecule has 0 radical (unpaired) electrons. The number of pyridine rings is 1. The average molecular weight is 234 g/mol. The fraction of sp³-hybridized carbons (Fsp3) is 0. The van der Waals surface area contributed by atoms with Crippen molar-refractivity contribution in [3.05, 3.63) is 59.8 Å². The van der Waals surface area contributed by atoms with Crippen LogP contribution in [-0.4, -0.2) is 10.9 Å². The Hall–Kier alpha value is -2.30. The summed E-state index contributed by atoms with van der Waals surface area (Å²) in [7, 11) is 0. The first kappa shape index (κ1) is 11.2. The summed E-state index contributed by atoms with van der Waals surface area (Å²) in [5.41, 5.74) is 0.0366. The number of benzene rings is 1. The van der Waals surface area contributed by atoms with Crippen molar-refractivity contribution in [2.75, 3.05) is 5.32 Å². The van der Waals surface area contributed by atoms with E-state index in [4.69, 9.17) is 0 Å². The van der Waals surface area contributed by atoms with Gasteiger partial charge in [0.05, 0.1) is 0 Å². The van der Waals surface area contributed by atoms with Gasteiger partial charge in [-0.15, -0.1) is 0 Å². The first-order valence-electron chi connectivity index (χ1n) is 4.84. The van der Waals surface area contributed by atoms with Crippen molar-refractivity contribution < 1.29 is 13.6 Å². The Bertz CT molecular complexity index is 543. The number of rotatable bonds is 2. The molecule has 1 aromatic carbocycles. The number of amides is 1. The van der Waals surface area contributed by atoms with E-state index >= 15 is 0 Å². The minimum absolute atomic E-state index is 0.0366. The van der Waals surface area contributed by atoms with E-state index in [0.717, 1.165) is 12.1 Å². The van der Waals surface area contributed by atoms with Gasteiger partial charge < -0.3 is 5.32 Å². The van der Waals surface area contributed by atoms with Gasteiger partial charge in [-0.2, -0.15) is 0 Å². The molecular formula is C12H8F2N2O. The maximum Gasteiger partial charge on any atom is 0.256 e. The molecule has 86 valence electrons. The predicted octanol–water partition coefficient (Wildman–Crippen LogP) is 2.61. The van der Waals surface area contributed by atoms with Crippen molar-refractivity contribution in [3.8, 4) is 0 Å². The van der Waals surface area contributed by atoms with Crippen molar-refractivity contribution in [3.63, 3.8) is 0 Å². The highest BCUT2D eigenvalue weighted by Gasteiger charge is 2.09. The van der Waals surface area contributed by atoms with Crippen molar-refractivity contribution in [2.45, 2.75) is 0 Å². The fourth-order valence-corrected chi connectivity index (χ4v) is 1.26. The normalized spacial score (nSPS) is 10.0. The van der Waals surface area contributed by atoms with Gasteiger partial charge >= 0.3 is 0 Å². The molecule has 1 N–H and O–H groups in total.